The number of hydrogen-bond donors (Lipinski definition) is 1. The molecule has 0 spiro atoms. The predicted octanol–water partition coefficient (Wildman–Crippen LogP) is 3.13. The number of carbonyl (C=O) groups excluding carboxylic acids is 1. The third kappa shape index (κ3) is 3.41. The number of furan rings is 1. The van der Waals surface area contributed by atoms with E-state index in [1.165, 1.54) is 24.5 Å². The van der Waals surface area contributed by atoms with Crippen molar-refractivity contribution in [2.45, 2.75) is 6.42 Å². The maximum absolute atomic E-state index is 11.7. The molecular weight excluding hydrogens is 316 g/mol. The molecule has 0 aliphatic carbocycles. The average Bonchev–Trinajstić information content (AvgIpc) is 2.81. The molecule has 7 heteroatoms. The largest absolute Gasteiger partial charge is 0.469 e. The molecule has 1 N–H and O–H groups in total. The highest BCUT2D eigenvalue weighted by Gasteiger charge is 2.13. The van der Waals surface area contributed by atoms with Gasteiger partial charge in [0.15, 0.2) is 0 Å². The fourth-order valence-corrected chi connectivity index (χ4v) is 2.03. The normalized spacial score (nSPS) is 10.2. The molecule has 0 aliphatic heterocycles. The molecule has 1 amide bonds. The molecule has 98 valence electrons. The number of rotatable bonds is 4. The van der Waals surface area contributed by atoms with E-state index >= 15 is 0 Å². The minimum Gasteiger partial charge on any atom is -0.469 e. The van der Waals surface area contributed by atoms with Crippen molar-refractivity contribution >= 4 is 33.2 Å². The number of hydrogen-bond acceptors (Lipinski definition) is 4. The molecule has 0 aliphatic rings. The second-order valence-corrected chi connectivity index (χ2v) is 4.58. The minimum absolute atomic E-state index is 0.0518. The van der Waals surface area contributed by atoms with Gasteiger partial charge in [0.25, 0.3) is 5.69 Å². The van der Waals surface area contributed by atoms with E-state index in [1.807, 2.05) is 0 Å². The van der Waals surface area contributed by atoms with Crippen molar-refractivity contribution in [2.24, 2.45) is 0 Å². The van der Waals surface area contributed by atoms with Gasteiger partial charge in [-0.2, -0.15) is 0 Å². The van der Waals surface area contributed by atoms with E-state index in [-0.39, 0.29) is 18.0 Å². The van der Waals surface area contributed by atoms with Crippen LogP contribution in [-0.2, 0) is 11.2 Å². The van der Waals surface area contributed by atoms with Gasteiger partial charge in [0.05, 0.1) is 22.1 Å². The minimum atomic E-state index is -0.501. The van der Waals surface area contributed by atoms with Crippen LogP contribution in [0.2, 0.25) is 0 Å². The lowest BCUT2D eigenvalue weighted by Gasteiger charge is -2.04. The number of nitrogens with one attached hydrogen (secondary N) is 1. The summed E-state index contributed by atoms with van der Waals surface area (Å²) in [6.45, 7) is 0. The summed E-state index contributed by atoms with van der Waals surface area (Å²) in [5, 5.41) is 13.3. The van der Waals surface area contributed by atoms with Crippen LogP contribution in [0.5, 0.6) is 0 Å². The van der Waals surface area contributed by atoms with Gasteiger partial charge in [-0.25, -0.2) is 0 Å². The first kappa shape index (κ1) is 13.3. The van der Waals surface area contributed by atoms with Crippen LogP contribution in [0.25, 0.3) is 0 Å². The first-order valence-corrected chi connectivity index (χ1v) is 6.12. The van der Waals surface area contributed by atoms with Crippen molar-refractivity contribution in [1.29, 1.82) is 0 Å². The lowest BCUT2D eigenvalue weighted by molar-refractivity contribution is -0.385. The Bertz CT molecular complexity index is 610. The van der Waals surface area contributed by atoms with Gasteiger partial charge in [0.2, 0.25) is 5.91 Å². The second-order valence-electron chi connectivity index (χ2n) is 3.73. The number of carbonyl (C=O) groups is 1. The number of nitro benzene ring substituents is 1. The highest BCUT2D eigenvalue weighted by molar-refractivity contribution is 9.10. The molecule has 0 radical (unpaired) electrons. The SMILES string of the molecule is O=C(Cc1ccco1)Nc1ccc([N+](=O)[O-])c(Br)c1. The van der Waals surface area contributed by atoms with E-state index in [0.29, 0.717) is 15.9 Å². The smallest absolute Gasteiger partial charge is 0.283 e. The van der Waals surface area contributed by atoms with Crippen molar-refractivity contribution in [3.63, 3.8) is 0 Å². The first-order valence-electron chi connectivity index (χ1n) is 5.32. The lowest BCUT2D eigenvalue weighted by atomic mass is 10.2. The van der Waals surface area contributed by atoms with Crippen molar-refractivity contribution < 1.29 is 14.1 Å². The Hall–Kier alpha value is -2.15. The van der Waals surface area contributed by atoms with Gasteiger partial charge in [0, 0.05) is 11.8 Å². The van der Waals surface area contributed by atoms with Gasteiger partial charge in [-0.1, -0.05) is 0 Å². The standard InChI is InChI=1S/C12H9BrN2O4/c13-10-6-8(3-4-11(10)15(17)18)14-12(16)7-9-2-1-5-19-9/h1-6H,7H2,(H,14,16). The molecular formula is C12H9BrN2O4. The number of halogens is 1. The van der Waals surface area contributed by atoms with Crippen LogP contribution in [0.3, 0.4) is 0 Å². The Kier molecular flexibility index (Phi) is 3.96. The molecule has 0 unspecified atom stereocenters. The molecule has 2 rings (SSSR count). The molecule has 2 aromatic rings. The zero-order chi connectivity index (χ0) is 13.8. The highest BCUT2D eigenvalue weighted by atomic mass is 79.9. The van der Waals surface area contributed by atoms with E-state index < -0.39 is 4.92 Å². The Morgan fingerprint density at radius 1 is 1.42 bits per heavy atom. The molecule has 0 saturated carbocycles. The summed E-state index contributed by atoms with van der Waals surface area (Å²) in [5.41, 5.74) is 0.429. The summed E-state index contributed by atoms with van der Waals surface area (Å²) in [5.74, 6) is 0.300. The Morgan fingerprint density at radius 3 is 2.79 bits per heavy atom. The third-order valence-corrected chi connectivity index (χ3v) is 2.98. The Balaban J connectivity index is 2.05. The van der Waals surface area contributed by atoms with Gasteiger partial charge in [0.1, 0.15) is 5.76 Å². The zero-order valence-corrected chi connectivity index (χ0v) is 11.2. The predicted molar refractivity (Wildman–Crippen MR) is 71.8 cm³/mol. The number of nitro groups is 1. The number of nitrogens with zero attached hydrogens (tertiary/aromatic N) is 1. The summed E-state index contributed by atoms with van der Waals surface area (Å²) in [6.07, 6.45) is 1.60. The summed E-state index contributed by atoms with van der Waals surface area (Å²) >= 11 is 3.09. The number of anilines is 1. The quantitative estimate of drug-likeness (QED) is 0.691. The molecule has 19 heavy (non-hydrogen) atoms. The van der Waals surface area contributed by atoms with E-state index in [2.05, 4.69) is 21.2 Å². The summed E-state index contributed by atoms with van der Waals surface area (Å²) in [4.78, 5) is 21.8. The molecule has 0 saturated heterocycles. The zero-order valence-electron chi connectivity index (χ0n) is 9.63. The van der Waals surface area contributed by atoms with Crippen LogP contribution in [0.15, 0.2) is 45.5 Å². The van der Waals surface area contributed by atoms with Crippen LogP contribution >= 0.6 is 15.9 Å². The highest BCUT2D eigenvalue weighted by Crippen LogP contribution is 2.27. The molecule has 0 atom stereocenters. The van der Waals surface area contributed by atoms with Crippen molar-refractivity contribution in [3.8, 4) is 0 Å². The van der Waals surface area contributed by atoms with Crippen molar-refractivity contribution in [3.05, 3.63) is 56.9 Å². The molecule has 1 heterocycles. The molecule has 6 nitrogen and oxygen atoms in total. The number of benzene rings is 1. The van der Waals surface area contributed by atoms with Gasteiger partial charge < -0.3 is 9.73 Å². The molecule has 0 bridgehead atoms. The van der Waals surface area contributed by atoms with Crippen molar-refractivity contribution in [2.75, 3.05) is 5.32 Å². The molecule has 0 fully saturated rings. The fraction of sp³-hybridized carbons (Fsp3) is 0.0833. The van der Waals surface area contributed by atoms with Gasteiger partial charge in [-0.05, 0) is 40.2 Å². The molecule has 1 aromatic carbocycles. The maximum atomic E-state index is 11.7. The maximum Gasteiger partial charge on any atom is 0.283 e. The lowest BCUT2D eigenvalue weighted by Crippen LogP contribution is -2.14. The Morgan fingerprint density at radius 2 is 2.21 bits per heavy atom. The summed E-state index contributed by atoms with van der Waals surface area (Å²) in [7, 11) is 0. The number of amides is 1. The second kappa shape index (κ2) is 5.66. The monoisotopic (exact) mass is 324 g/mol. The van der Waals surface area contributed by atoms with Crippen LogP contribution in [0.4, 0.5) is 11.4 Å². The van der Waals surface area contributed by atoms with Gasteiger partial charge >= 0.3 is 0 Å². The van der Waals surface area contributed by atoms with Crippen LogP contribution in [0, 0.1) is 10.1 Å². The van der Waals surface area contributed by atoms with Crippen LogP contribution in [0.1, 0.15) is 5.76 Å². The van der Waals surface area contributed by atoms with Gasteiger partial charge in [-0.3, -0.25) is 14.9 Å². The van der Waals surface area contributed by atoms with Gasteiger partial charge in [-0.15, -0.1) is 0 Å². The third-order valence-electron chi connectivity index (χ3n) is 2.34. The van der Waals surface area contributed by atoms with E-state index in [0.717, 1.165) is 0 Å². The van der Waals surface area contributed by atoms with E-state index in [1.54, 1.807) is 12.1 Å². The topological polar surface area (TPSA) is 85.4 Å². The summed E-state index contributed by atoms with van der Waals surface area (Å²) in [6, 6.07) is 7.68. The van der Waals surface area contributed by atoms with Crippen molar-refractivity contribution in [1.82, 2.24) is 0 Å². The van der Waals surface area contributed by atoms with Crippen LogP contribution < -0.4 is 5.32 Å². The molecule has 1 aromatic heterocycles. The summed E-state index contributed by atoms with van der Waals surface area (Å²) < 4.78 is 5.37. The van der Waals surface area contributed by atoms with E-state index in [9.17, 15) is 14.9 Å². The van der Waals surface area contributed by atoms with E-state index in [4.69, 9.17) is 4.42 Å². The first-order chi connectivity index (χ1) is 9.06. The fourth-order valence-electron chi connectivity index (χ4n) is 1.51. The Labute approximate surface area is 116 Å². The average molecular weight is 325 g/mol. The van der Waals surface area contributed by atoms with Crippen LogP contribution in [-0.4, -0.2) is 10.8 Å².